The van der Waals surface area contributed by atoms with Gasteiger partial charge in [-0.2, -0.15) is 0 Å². The van der Waals surface area contributed by atoms with Crippen LogP contribution < -0.4 is 5.32 Å². The Kier molecular flexibility index (Phi) is 4.11. The minimum atomic E-state index is 0.326. The maximum atomic E-state index is 6.07. The lowest BCUT2D eigenvalue weighted by molar-refractivity contribution is 1.05. The number of aryl methyl sites for hydroxylation is 1. The predicted molar refractivity (Wildman–Crippen MR) is 79.3 cm³/mol. The van der Waals surface area contributed by atoms with Crippen molar-refractivity contribution < 1.29 is 0 Å². The van der Waals surface area contributed by atoms with Gasteiger partial charge in [0.05, 0.1) is 16.3 Å². The maximum absolute atomic E-state index is 6.07. The number of nitrogens with one attached hydrogen (secondary N) is 1. The van der Waals surface area contributed by atoms with Crippen LogP contribution in [0.15, 0.2) is 24.3 Å². The predicted octanol–water partition coefficient (Wildman–Crippen LogP) is 4.18. The van der Waals surface area contributed by atoms with E-state index in [1.54, 1.807) is 13.0 Å². The van der Waals surface area contributed by atoms with Crippen molar-refractivity contribution in [3.63, 3.8) is 0 Å². The molecule has 1 heterocycles. The van der Waals surface area contributed by atoms with Crippen LogP contribution in [0, 0.1) is 6.92 Å². The van der Waals surface area contributed by atoms with Gasteiger partial charge in [-0.05, 0) is 19.1 Å². The first-order chi connectivity index (χ1) is 8.61. The number of halogens is 2. The molecule has 18 heavy (non-hydrogen) atoms. The van der Waals surface area contributed by atoms with E-state index in [1.165, 1.54) is 5.37 Å². The Morgan fingerprint density at radius 1 is 1.22 bits per heavy atom. The third-order valence-corrected chi connectivity index (χ3v) is 3.11. The number of hydrogen-bond acceptors (Lipinski definition) is 4. The van der Waals surface area contributed by atoms with Gasteiger partial charge in [-0.25, -0.2) is 9.97 Å². The van der Waals surface area contributed by atoms with E-state index in [-0.39, 0.29) is 0 Å². The van der Waals surface area contributed by atoms with Crippen LogP contribution in [0.5, 0.6) is 0 Å². The first-order valence-corrected chi connectivity index (χ1v) is 6.35. The molecule has 0 atom stereocenters. The van der Waals surface area contributed by atoms with Crippen molar-refractivity contribution in [1.82, 2.24) is 9.97 Å². The summed E-state index contributed by atoms with van der Waals surface area (Å²) in [4.78, 5) is 8.33. The van der Waals surface area contributed by atoms with Gasteiger partial charge in [0.1, 0.15) is 16.8 Å². The molecular formula is C12H9Cl2N3S. The van der Waals surface area contributed by atoms with E-state index in [4.69, 9.17) is 35.4 Å². The normalized spacial score (nSPS) is 10.2. The fourth-order valence-corrected chi connectivity index (χ4v) is 2.17. The van der Waals surface area contributed by atoms with E-state index in [2.05, 4.69) is 15.3 Å². The lowest BCUT2D eigenvalue weighted by atomic mass is 10.3. The minimum absolute atomic E-state index is 0.326. The van der Waals surface area contributed by atoms with Crippen LogP contribution in [0.2, 0.25) is 10.2 Å². The third-order valence-electron chi connectivity index (χ3n) is 2.26. The van der Waals surface area contributed by atoms with E-state index >= 15 is 0 Å². The van der Waals surface area contributed by atoms with Crippen LogP contribution in [-0.2, 0) is 0 Å². The third kappa shape index (κ3) is 2.77. The highest BCUT2D eigenvalue weighted by atomic mass is 35.5. The molecule has 3 nitrogen and oxygen atoms in total. The number of para-hydroxylation sites is 1. The average molecular weight is 298 g/mol. The van der Waals surface area contributed by atoms with Crippen LogP contribution >= 0.6 is 35.4 Å². The van der Waals surface area contributed by atoms with E-state index in [0.29, 0.717) is 27.4 Å². The number of anilines is 2. The molecule has 1 aromatic carbocycles. The van der Waals surface area contributed by atoms with E-state index in [9.17, 15) is 0 Å². The summed E-state index contributed by atoms with van der Waals surface area (Å²) in [6, 6.07) is 7.37. The number of rotatable bonds is 3. The lowest BCUT2D eigenvalue weighted by Gasteiger charge is -2.11. The molecule has 0 amide bonds. The summed E-state index contributed by atoms with van der Waals surface area (Å²) >= 11 is 17.0. The molecule has 0 aliphatic rings. The second-order valence-electron chi connectivity index (χ2n) is 3.55. The van der Waals surface area contributed by atoms with Gasteiger partial charge in [-0.15, -0.1) is 0 Å². The Bertz CT molecular complexity index is 602. The largest absolute Gasteiger partial charge is 0.338 e. The number of hydrogen-bond donors (Lipinski definition) is 1. The Morgan fingerprint density at radius 3 is 2.61 bits per heavy atom. The van der Waals surface area contributed by atoms with Gasteiger partial charge in [-0.1, -0.05) is 47.6 Å². The summed E-state index contributed by atoms with van der Waals surface area (Å²) in [5.74, 6) is 1.12. The van der Waals surface area contributed by atoms with Crippen molar-refractivity contribution >= 4 is 52.3 Å². The Labute approximate surface area is 120 Å². The monoisotopic (exact) mass is 297 g/mol. The second-order valence-corrected chi connectivity index (χ2v) is 4.55. The molecule has 1 aromatic heterocycles. The molecule has 0 saturated carbocycles. The topological polar surface area (TPSA) is 37.8 Å². The fraction of sp³-hybridized carbons (Fsp3) is 0.0833. The summed E-state index contributed by atoms with van der Waals surface area (Å²) < 4.78 is 0. The van der Waals surface area contributed by atoms with Gasteiger partial charge in [0, 0.05) is 5.37 Å². The standard InChI is InChI=1S/C12H9Cl2N3S/c1-7-15-11(14)8(6-18)12(16-7)17-10-5-3-2-4-9(10)13/h2-6H,1H3,(H,15,16,17). The van der Waals surface area contributed by atoms with E-state index in [0.717, 1.165) is 5.69 Å². The molecule has 2 aromatic rings. The highest BCUT2D eigenvalue weighted by Crippen LogP contribution is 2.27. The van der Waals surface area contributed by atoms with Gasteiger partial charge in [0.25, 0.3) is 0 Å². The Hall–Kier alpha value is -1.23. The molecular weight excluding hydrogens is 289 g/mol. The van der Waals surface area contributed by atoms with Crippen LogP contribution in [0.3, 0.4) is 0 Å². The molecule has 0 spiro atoms. The molecule has 0 unspecified atom stereocenters. The minimum Gasteiger partial charge on any atom is -0.338 e. The van der Waals surface area contributed by atoms with Crippen molar-refractivity contribution in [2.45, 2.75) is 6.92 Å². The summed E-state index contributed by atoms with van der Waals surface area (Å²) in [7, 11) is 0. The number of nitrogens with zero attached hydrogens (tertiary/aromatic N) is 2. The zero-order valence-corrected chi connectivity index (χ0v) is 11.8. The maximum Gasteiger partial charge on any atom is 0.143 e. The SMILES string of the molecule is Cc1nc(Cl)c(C=S)c(Nc2ccccc2Cl)n1. The molecule has 0 saturated heterocycles. The number of thiocarbonyl (C=S) groups is 1. The lowest BCUT2D eigenvalue weighted by Crippen LogP contribution is -2.03. The summed E-state index contributed by atoms with van der Waals surface area (Å²) in [5.41, 5.74) is 1.32. The molecule has 0 fully saturated rings. The van der Waals surface area contributed by atoms with Gasteiger partial charge in [0.15, 0.2) is 0 Å². The molecule has 0 radical (unpaired) electrons. The zero-order valence-electron chi connectivity index (χ0n) is 9.45. The van der Waals surface area contributed by atoms with Crippen LogP contribution in [0.4, 0.5) is 11.5 Å². The zero-order chi connectivity index (χ0) is 13.1. The van der Waals surface area contributed by atoms with Gasteiger partial charge < -0.3 is 5.32 Å². The van der Waals surface area contributed by atoms with Crippen LogP contribution in [-0.4, -0.2) is 15.3 Å². The van der Waals surface area contributed by atoms with Crippen LogP contribution in [0.25, 0.3) is 0 Å². The van der Waals surface area contributed by atoms with Crippen LogP contribution in [0.1, 0.15) is 11.4 Å². The molecule has 92 valence electrons. The first kappa shape index (κ1) is 13.2. The molecule has 2 rings (SSSR count). The van der Waals surface area contributed by atoms with Gasteiger partial charge in [-0.3, -0.25) is 0 Å². The van der Waals surface area contributed by atoms with E-state index in [1.807, 2.05) is 18.2 Å². The number of benzene rings is 1. The molecule has 0 aliphatic heterocycles. The quantitative estimate of drug-likeness (QED) is 0.681. The smallest absolute Gasteiger partial charge is 0.143 e. The summed E-state index contributed by atoms with van der Waals surface area (Å²) in [5, 5.41) is 5.48. The Morgan fingerprint density at radius 2 is 1.94 bits per heavy atom. The average Bonchev–Trinajstić information content (AvgIpc) is 2.31. The molecule has 0 aliphatic carbocycles. The summed E-state index contributed by atoms with van der Waals surface area (Å²) in [6.45, 7) is 1.76. The van der Waals surface area contributed by atoms with Gasteiger partial charge >= 0.3 is 0 Å². The molecule has 1 N–H and O–H groups in total. The summed E-state index contributed by atoms with van der Waals surface area (Å²) in [6.07, 6.45) is 0. The molecule has 6 heteroatoms. The second kappa shape index (κ2) is 5.61. The van der Waals surface area contributed by atoms with Crippen molar-refractivity contribution in [3.05, 3.63) is 45.8 Å². The van der Waals surface area contributed by atoms with Crippen molar-refractivity contribution in [2.24, 2.45) is 0 Å². The fourth-order valence-electron chi connectivity index (χ4n) is 1.44. The molecule has 0 bridgehead atoms. The van der Waals surface area contributed by atoms with Crippen molar-refractivity contribution in [1.29, 1.82) is 0 Å². The van der Waals surface area contributed by atoms with E-state index < -0.39 is 0 Å². The first-order valence-electron chi connectivity index (χ1n) is 5.12. The van der Waals surface area contributed by atoms with Crippen molar-refractivity contribution in [3.8, 4) is 0 Å². The van der Waals surface area contributed by atoms with Crippen molar-refractivity contribution in [2.75, 3.05) is 5.32 Å². The highest BCUT2D eigenvalue weighted by Gasteiger charge is 2.10. The highest BCUT2D eigenvalue weighted by molar-refractivity contribution is 7.79. The number of aromatic nitrogens is 2. The van der Waals surface area contributed by atoms with Gasteiger partial charge in [0.2, 0.25) is 0 Å². The Balaban J connectivity index is 2.46.